The Balaban J connectivity index is 1.81. The number of hydrogen-bond acceptors (Lipinski definition) is 4. The van der Waals surface area contributed by atoms with Crippen molar-refractivity contribution in [2.45, 2.75) is 33.0 Å². The summed E-state index contributed by atoms with van der Waals surface area (Å²) in [4.78, 5) is 22.6. The molecule has 3 rings (SSSR count). The first-order valence-electron chi connectivity index (χ1n) is 7.94. The van der Waals surface area contributed by atoms with Gasteiger partial charge in [-0.15, -0.1) is 0 Å². The molecule has 126 valence electrons. The Labute approximate surface area is 140 Å². The second-order valence-corrected chi connectivity index (χ2v) is 5.67. The number of oxime groups is 1. The van der Waals surface area contributed by atoms with Gasteiger partial charge in [0.15, 0.2) is 0 Å². The number of fused-ring (bicyclic) bond motifs is 1. The van der Waals surface area contributed by atoms with Crippen LogP contribution in [-0.2, 0) is 24.5 Å². The molecule has 1 N–H and O–H groups in total. The van der Waals surface area contributed by atoms with Gasteiger partial charge in [0.25, 0.3) is 0 Å². The Hall–Kier alpha value is -2.83. The fourth-order valence-corrected chi connectivity index (χ4v) is 2.71. The summed E-state index contributed by atoms with van der Waals surface area (Å²) in [6.45, 7) is 3.71. The van der Waals surface area contributed by atoms with Gasteiger partial charge in [-0.3, -0.25) is 4.90 Å². The summed E-state index contributed by atoms with van der Waals surface area (Å²) < 4.78 is 1.98. The summed E-state index contributed by atoms with van der Waals surface area (Å²) in [5.74, 6) is 0. The maximum Gasteiger partial charge on any atom is 0.408 e. The number of amides is 1. The van der Waals surface area contributed by atoms with Crippen LogP contribution in [0.4, 0.5) is 4.79 Å². The molecule has 0 saturated heterocycles. The Kier molecular flexibility index (Phi) is 4.79. The zero-order chi connectivity index (χ0) is 16.9. The van der Waals surface area contributed by atoms with Gasteiger partial charge in [0.05, 0.1) is 25.1 Å². The van der Waals surface area contributed by atoms with Crippen molar-refractivity contribution in [2.75, 3.05) is 6.54 Å². The Morgan fingerprint density at radius 3 is 2.83 bits per heavy atom. The van der Waals surface area contributed by atoms with E-state index in [2.05, 4.69) is 17.1 Å². The molecule has 1 aliphatic rings. The summed E-state index contributed by atoms with van der Waals surface area (Å²) in [5.41, 5.74) is 3.15. The number of hydrogen-bond donors (Lipinski definition) is 1. The van der Waals surface area contributed by atoms with Crippen molar-refractivity contribution >= 4 is 11.8 Å². The fraction of sp³-hybridized carbons (Fsp3) is 0.353. The van der Waals surface area contributed by atoms with Gasteiger partial charge in [-0.2, -0.15) is 0 Å². The number of carbonyl (C=O) groups is 1. The number of aromatic nitrogens is 2. The van der Waals surface area contributed by atoms with Crippen LogP contribution in [0.5, 0.6) is 0 Å². The second kappa shape index (κ2) is 7.16. The molecule has 2 heterocycles. The molecule has 0 aliphatic carbocycles. The highest BCUT2D eigenvalue weighted by Crippen LogP contribution is 2.19. The van der Waals surface area contributed by atoms with E-state index in [1.165, 1.54) is 4.90 Å². The summed E-state index contributed by atoms with van der Waals surface area (Å²) >= 11 is 0. The van der Waals surface area contributed by atoms with Crippen molar-refractivity contribution in [1.82, 2.24) is 14.5 Å². The molecule has 0 bridgehead atoms. The molecule has 24 heavy (non-hydrogen) atoms. The van der Waals surface area contributed by atoms with Crippen LogP contribution in [0.1, 0.15) is 30.3 Å². The molecule has 0 saturated carbocycles. The van der Waals surface area contributed by atoms with Gasteiger partial charge in [-0.25, -0.2) is 9.78 Å². The monoisotopic (exact) mass is 328 g/mol. The predicted octanol–water partition coefficient (Wildman–Crippen LogP) is 2.71. The number of rotatable bonds is 5. The van der Waals surface area contributed by atoms with Gasteiger partial charge in [0.1, 0.15) is 18.0 Å². The van der Waals surface area contributed by atoms with Crippen molar-refractivity contribution in [2.24, 2.45) is 5.16 Å². The van der Waals surface area contributed by atoms with Gasteiger partial charge >= 0.3 is 6.09 Å². The first-order valence-corrected chi connectivity index (χ1v) is 7.94. The zero-order valence-electron chi connectivity index (χ0n) is 13.6. The molecule has 2 aromatic rings. The minimum atomic E-state index is -0.972. The van der Waals surface area contributed by atoms with E-state index in [1.807, 2.05) is 34.9 Å². The average Bonchev–Trinajstić information content (AvgIpc) is 2.99. The number of carboxylic acid groups (broad SMARTS) is 1. The van der Waals surface area contributed by atoms with Crippen LogP contribution >= 0.6 is 0 Å². The van der Waals surface area contributed by atoms with Crippen molar-refractivity contribution in [1.29, 1.82) is 0 Å². The van der Waals surface area contributed by atoms with Crippen LogP contribution in [0.25, 0.3) is 0 Å². The summed E-state index contributed by atoms with van der Waals surface area (Å²) in [6.07, 6.45) is 1.72. The van der Waals surface area contributed by atoms with E-state index in [-0.39, 0.29) is 6.54 Å². The van der Waals surface area contributed by atoms with Crippen LogP contribution in [0.15, 0.2) is 41.8 Å². The lowest BCUT2D eigenvalue weighted by molar-refractivity contribution is 0.125. The molecular formula is C17H20N4O3. The van der Waals surface area contributed by atoms with Crippen molar-refractivity contribution < 1.29 is 14.7 Å². The number of benzene rings is 1. The van der Waals surface area contributed by atoms with Crippen LogP contribution in [0.3, 0.4) is 0 Å². The van der Waals surface area contributed by atoms with Gasteiger partial charge in [-0.1, -0.05) is 42.4 Å². The molecule has 0 radical (unpaired) electrons. The van der Waals surface area contributed by atoms with E-state index in [0.717, 1.165) is 29.9 Å². The highest BCUT2D eigenvalue weighted by molar-refractivity contribution is 6.03. The summed E-state index contributed by atoms with van der Waals surface area (Å²) in [6, 6.07) is 9.71. The minimum absolute atomic E-state index is 0.181. The number of aryl methyl sites for hydroxylation is 1. The lowest BCUT2D eigenvalue weighted by Crippen LogP contribution is -2.39. The number of nitrogens with zero attached hydrogens (tertiary/aromatic N) is 4. The van der Waals surface area contributed by atoms with Crippen LogP contribution in [0.2, 0.25) is 0 Å². The molecule has 1 amide bonds. The molecule has 7 heteroatoms. The van der Waals surface area contributed by atoms with Gasteiger partial charge in [0.2, 0.25) is 0 Å². The van der Waals surface area contributed by atoms with E-state index >= 15 is 0 Å². The normalized spacial score (nSPS) is 15.4. The fourth-order valence-electron chi connectivity index (χ4n) is 2.71. The van der Waals surface area contributed by atoms with E-state index in [1.54, 1.807) is 6.33 Å². The van der Waals surface area contributed by atoms with Gasteiger partial charge in [-0.05, 0) is 12.0 Å². The quantitative estimate of drug-likeness (QED) is 0.856. The van der Waals surface area contributed by atoms with E-state index in [4.69, 9.17) is 4.84 Å². The molecule has 1 aromatic heterocycles. The Morgan fingerprint density at radius 1 is 1.33 bits per heavy atom. The standard InChI is InChI=1S/C17H20N4O3/c1-2-8-20-12-18-16-14(9-21(17(22)23)10-15(16)20)19-24-11-13-6-4-3-5-7-13/h3-7,12H,2,8-11H2,1H3,(H,22,23). The summed E-state index contributed by atoms with van der Waals surface area (Å²) in [5, 5.41) is 13.5. The maximum absolute atomic E-state index is 11.4. The molecule has 0 unspecified atom stereocenters. The van der Waals surface area contributed by atoms with Crippen molar-refractivity contribution in [3.63, 3.8) is 0 Å². The van der Waals surface area contributed by atoms with Gasteiger partial charge < -0.3 is 14.5 Å². The van der Waals surface area contributed by atoms with Crippen molar-refractivity contribution in [3.05, 3.63) is 53.6 Å². The summed E-state index contributed by atoms with van der Waals surface area (Å²) in [7, 11) is 0. The third-order valence-corrected chi connectivity index (χ3v) is 3.88. The third-order valence-electron chi connectivity index (χ3n) is 3.88. The average molecular weight is 328 g/mol. The van der Waals surface area contributed by atoms with Crippen LogP contribution in [0, 0.1) is 0 Å². The lowest BCUT2D eigenvalue weighted by Gasteiger charge is -2.25. The molecule has 1 aliphatic heterocycles. The molecule has 0 spiro atoms. The molecular weight excluding hydrogens is 308 g/mol. The third kappa shape index (κ3) is 3.40. The largest absolute Gasteiger partial charge is 0.465 e. The van der Waals surface area contributed by atoms with E-state index in [0.29, 0.717) is 18.9 Å². The number of imidazole rings is 1. The first-order chi connectivity index (χ1) is 11.7. The van der Waals surface area contributed by atoms with Gasteiger partial charge in [0, 0.05) is 6.54 Å². The SMILES string of the molecule is CCCn1cnc2c1CN(C(=O)O)CC2=NOCc1ccccc1. The molecule has 7 nitrogen and oxygen atoms in total. The Bertz CT molecular complexity index is 740. The lowest BCUT2D eigenvalue weighted by atomic mass is 10.1. The smallest absolute Gasteiger partial charge is 0.408 e. The maximum atomic E-state index is 11.4. The minimum Gasteiger partial charge on any atom is -0.465 e. The van der Waals surface area contributed by atoms with E-state index < -0.39 is 6.09 Å². The first kappa shape index (κ1) is 16.0. The van der Waals surface area contributed by atoms with Crippen LogP contribution < -0.4 is 0 Å². The highest BCUT2D eigenvalue weighted by atomic mass is 16.6. The topological polar surface area (TPSA) is 80.0 Å². The zero-order valence-corrected chi connectivity index (χ0v) is 13.6. The highest BCUT2D eigenvalue weighted by Gasteiger charge is 2.29. The second-order valence-electron chi connectivity index (χ2n) is 5.67. The predicted molar refractivity (Wildman–Crippen MR) is 88.7 cm³/mol. The van der Waals surface area contributed by atoms with Crippen molar-refractivity contribution in [3.8, 4) is 0 Å². The molecule has 0 fully saturated rings. The Morgan fingerprint density at radius 2 is 2.12 bits per heavy atom. The van der Waals surface area contributed by atoms with E-state index in [9.17, 15) is 9.90 Å². The van der Waals surface area contributed by atoms with Crippen LogP contribution in [-0.4, -0.2) is 37.9 Å². The molecule has 1 aromatic carbocycles. The molecule has 0 atom stereocenters.